The number of hydrogen-bond acceptors (Lipinski definition) is 4. The molecular weight excluding hydrogens is 830 g/mol. The fourth-order valence-electron chi connectivity index (χ4n) is 7.13. The van der Waals surface area contributed by atoms with Crippen molar-refractivity contribution in [2.45, 2.75) is 66.2 Å². The smallest absolute Gasteiger partial charge is 0.135 e. The van der Waals surface area contributed by atoms with Gasteiger partial charge in [-0.3, -0.25) is 0 Å². The number of anilines is 6. The quantitative estimate of drug-likeness (QED) is 0.161. The van der Waals surface area contributed by atoms with Crippen LogP contribution in [0.5, 0.6) is 0 Å². The van der Waals surface area contributed by atoms with Crippen LogP contribution in [0.1, 0.15) is 63.8 Å². The zero-order chi connectivity index (χ0) is 36.5. The molecule has 0 N–H and O–H groups in total. The normalized spacial score (nSPS) is 13.1. The molecule has 272 valence electrons. The molecule has 53 heavy (non-hydrogen) atoms. The minimum Gasteiger partial charge on any atom is -0.493 e. The number of nitrogens with zero attached hydrogens (tertiary/aromatic N) is 5. The van der Waals surface area contributed by atoms with Crippen molar-refractivity contribution in [3.63, 3.8) is 0 Å². The van der Waals surface area contributed by atoms with E-state index in [1.165, 1.54) is 27.6 Å². The van der Waals surface area contributed by atoms with Crippen molar-refractivity contribution in [1.29, 1.82) is 0 Å². The third kappa shape index (κ3) is 6.54. The molecule has 0 atom stereocenters. The van der Waals surface area contributed by atoms with Gasteiger partial charge in [0.25, 0.3) is 0 Å². The molecular formula is C47H46N5Pt-3. The number of rotatable bonds is 5. The number of fused-ring (bicyclic) bond motifs is 4. The van der Waals surface area contributed by atoms with Crippen LogP contribution < -0.4 is 14.7 Å². The van der Waals surface area contributed by atoms with Crippen molar-refractivity contribution in [3.8, 4) is 5.82 Å². The van der Waals surface area contributed by atoms with Gasteiger partial charge in [-0.2, -0.15) is 6.07 Å². The molecule has 1 aliphatic heterocycles. The molecule has 8 rings (SSSR count). The van der Waals surface area contributed by atoms with Gasteiger partial charge < -0.3 is 19.3 Å². The molecule has 0 aliphatic carbocycles. The van der Waals surface area contributed by atoms with Crippen LogP contribution in [0.15, 0.2) is 109 Å². The Hall–Kier alpha value is -4.86. The molecule has 0 saturated carbocycles. The van der Waals surface area contributed by atoms with Gasteiger partial charge in [0.15, 0.2) is 0 Å². The van der Waals surface area contributed by atoms with Crippen LogP contribution in [0.25, 0.3) is 27.6 Å². The Morgan fingerprint density at radius 3 is 2.00 bits per heavy atom. The fourth-order valence-corrected chi connectivity index (χ4v) is 7.13. The molecule has 6 heteroatoms. The van der Waals surface area contributed by atoms with Gasteiger partial charge in [0, 0.05) is 56.9 Å². The standard InChI is InChI=1S/C47H46N5.Pt/c1-31-23-43-44(24-32(31)2)51(30-50(43)35-15-11-10-12-16-35)38-26-34(47(6,7)8)25-37(28-38)49(9)36-19-20-40-39-17-13-14-18-41(39)52(42(40)29-36)45-27-33(21-22-48-45)46(3,4)5;/h10-27,30H,1-9H3;/q-3;. The van der Waals surface area contributed by atoms with Crippen LogP contribution in [-0.2, 0) is 31.9 Å². The summed E-state index contributed by atoms with van der Waals surface area (Å²) < 4.78 is 2.26. The molecule has 0 bridgehead atoms. The summed E-state index contributed by atoms with van der Waals surface area (Å²) in [5.41, 5.74) is 13.4. The summed E-state index contributed by atoms with van der Waals surface area (Å²) in [6.45, 7) is 20.1. The summed E-state index contributed by atoms with van der Waals surface area (Å²) in [4.78, 5) is 11.7. The van der Waals surface area contributed by atoms with Crippen molar-refractivity contribution in [2.24, 2.45) is 0 Å². The van der Waals surface area contributed by atoms with Crippen LogP contribution in [0.3, 0.4) is 0 Å². The van der Waals surface area contributed by atoms with Crippen molar-refractivity contribution >= 4 is 55.9 Å². The van der Waals surface area contributed by atoms with Gasteiger partial charge >= 0.3 is 0 Å². The third-order valence-corrected chi connectivity index (χ3v) is 10.5. The van der Waals surface area contributed by atoms with Gasteiger partial charge in [-0.05, 0) is 89.2 Å². The van der Waals surface area contributed by atoms with E-state index in [0.717, 1.165) is 56.4 Å². The Labute approximate surface area is 329 Å². The Morgan fingerprint density at radius 1 is 0.642 bits per heavy atom. The van der Waals surface area contributed by atoms with Crippen LogP contribution in [0, 0.1) is 32.6 Å². The van der Waals surface area contributed by atoms with E-state index in [1.54, 1.807) is 0 Å². The first kappa shape index (κ1) is 36.5. The van der Waals surface area contributed by atoms with Gasteiger partial charge in [0.1, 0.15) is 5.82 Å². The first-order valence-electron chi connectivity index (χ1n) is 18.1. The Bertz CT molecular complexity index is 2470. The number of pyridine rings is 1. The molecule has 0 amide bonds. The molecule has 1 aliphatic rings. The van der Waals surface area contributed by atoms with E-state index >= 15 is 0 Å². The van der Waals surface area contributed by atoms with E-state index < -0.39 is 0 Å². The van der Waals surface area contributed by atoms with E-state index in [0.29, 0.717) is 0 Å². The molecule has 5 aromatic carbocycles. The second-order valence-corrected chi connectivity index (χ2v) is 16.2. The topological polar surface area (TPSA) is 27.5 Å². The number of benzene rings is 5. The van der Waals surface area contributed by atoms with Crippen molar-refractivity contribution in [2.75, 3.05) is 21.7 Å². The largest absolute Gasteiger partial charge is 0.493 e. The van der Waals surface area contributed by atoms with Gasteiger partial charge in [0.05, 0.1) is 0 Å². The minimum absolute atomic E-state index is 0. The predicted octanol–water partition coefficient (Wildman–Crippen LogP) is 12.2. The Kier molecular flexibility index (Phi) is 9.31. The third-order valence-electron chi connectivity index (χ3n) is 10.5. The number of aryl methyl sites for hydroxylation is 2. The van der Waals surface area contributed by atoms with Crippen molar-refractivity contribution in [3.05, 3.63) is 150 Å². The summed E-state index contributed by atoms with van der Waals surface area (Å²) >= 11 is 0. The average Bonchev–Trinajstić information content (AvgIpc) is 3.66. The summed E-state index contributed by atoms with van der Waals surface area (Å²) in [7, 11) is 2.12. The molecule has 2 aromatic heterocycles. The Balaban J connectivity index is 0.00000435. The van der Waals surface area contributed by atoms with Crippen molar-refractivity contribution < 1.29 is 21.1 Å². The van der Waals surface area contributed by atoms with E-state index in [2.05, 4.69) is 204 Å². The van der Waals surface area contributed by atoms with Crippen LogP contribution in [0.4, 0.5) is 34.1 Å². The molecule has 0 radical (unpaired) electrons. The molecule has 0 fully saturated rings. The number of aromatic nitrogens is 2. The maximum Gasteiger partial charge on any atom is 0.135 e. The van der Waals surface area contributed by atoms with Gasteiger partial charge in [-0.1, -0.05) is 94.8 Å². The van der Waals surface area contributed by atoms with E-state index in [9.17, 15) is 0 Å². The first-order valence-corrected chi connectivity index (χ1v) is 18.1. The molecule has 3 heterocycles. The van der Waals surface area contributed by atoms with Crippen LogP contribution in [0.2, 0.25) is 0 Å². The van der Waals surface area contributed by atoms with Crippen molar-refractivity contribution in [1.82, 2.24) is 9.55 Å². The zero-order valence-electron chi connectivity index (χ0n) is 32.0. The van der Waals surface area contributed by atoms with Gasteiger partial charge in [-0.25, -0.2) is 4.98 Å². The second-order valence-electron chi connectivity index (χ2n) is 16.2. The van der Waals surface area contributed by atoms with Gasteiger partial charge in [0.2, 0.25) is 0 Å². The maximum absolute atomic E-state index is 4.89. The molecule has 5 nitrogen and oxygen atoms in total. The average molecular weight is 876 g/mol. The molecule has 0 spiro atoms. The first-order chi connectivity index (χ1) is 24.8. The molecule has 7 aromatic rings. The SMILES string of the molecule is Cc1cc2c(cc1C)N(c1ccccc1)[CH-]N2c1[c-]c(N(C)c2[c-]c3c(cc2)c2ccccc2n3-c2cc(C(C)(C)C)ccn2)cc(C(C)(C)C)c1.[Pt]. The van der Waals surface area contributed by atoms with Gasteiger partial charge in [-0.15, -0.1) is 53.6 Å². The zero-order valence-corrected chi connectivity index (χ0v) is 34.3. The summed E-state index contributed by atoms with van der Waals surface area (Å²) in [5.74, 6) is 0.898. The van der Waals surface area contributed by atoms with E-state index in [-0.39, 0.29) is 31.9 Å². The minimum atomic E-state index is -0.0891. The fraction of sp³-hybridized carbons (Fsp3) is 0.234. The number of para-hydroxylation sites is 2. The molecule has 0 unspecified atom stereocenters. The predicted molar refractivity (Wildman–Crippen MR) is 219 cm³/mol. The van der Waals surface area contributed by atoms with E-state index in [4.69, 9.17) is 4.98 Å². The summed E-state index contributed by atoms with van der Waals surface area (Å²) in [6, 6.07) is 44.7. The van der Waals surface area contributed by atoms with Crippen LogP contribution in [-0.4, -0.2) is 16.6 Å². The second kappa shape index (κ2) is 13.5. The summed E-state index contributed by atoms with van der Waals surface area (Å²) in [6.07, 6.45) is 1.93. The van der Waals surface area contributed by atoms with Crippen LogP contribution >= 0.6 is 0 Å². The summed E-state index contributed by atoms with van der Waals surface area (Å²) in [5, 5.41) is 2.34. The maximum atomic E-state index is 4.89. The number of hydrogen-bond donors (Lipinski definition) is 0. The van der Waals surface area contributed by atoms with E-state index in [1.807, 2.05) is 6.20 Å². The molecule has 0 saturated heterocycles. The monoisotopic (exact) mass is 875 g/mol. The Morgan fingerprint density at radius 2 is 1.30 bits per heavy atom.